The number of hydrogen-bond acceptors (Lipinski definition) is 2. The summed E-state index contributed by atoms with van der Waals surface area (Å²) in [6.45, 7) is 8.55. The smallest absolute Gasteiger partial charge is 0.0715 e. The first-order valence-corrected chi connectivity index (χ1v) is 6.64. The van der Waals surface area contributed by atoms with Crippen molar-refractivity contribution in [2.45, 2.75) is 33.7 Å². The molecule has 2 nitrogen and oxygen atoms in total. The Morgan fingerprint density at radius 3 is 2.05 bits per heavy atom. The zero-order valence-corrected chi connectivity index (χ0v) is 12.1. The maximum Gasteiger partial charge on any atom is 0.0715 e. The fourth-order valence-corrected chi connectivity index (χ4v) is 2.55. The molecule has 0 fully saturated rings. The third-order valence-electron chi connectivity index (χ3n) is 3.86. The molecule has 2 aromatic carbocycles. The van der Waals surface area contributed by atoms with Gasteiger partial charge in [0.05, 0.1) is 6.04 Å². The lowest BCUT2D eigenvalue weighted by Gasteiger charge is -2.22. The van der Waals surface area contributed by atoms with Crippen LogP contribution in [0.4, 0.5) is 0 Å². The van der Waals surface area contributed by atoms with Gasteiger partial charge in [-0.25, -0.2) is 5.43 Å². The molecule has 100 valence electrons. The van der Waals surface area contributed by atoms with E-state index in [-0.39, 0.29) is 6.04 Å². The van der Waals surface area contributed by atoms with Gasteiger partial charge >= 0.3 is 0 Å². The highest BCUT2D eigenvalue weighted by Gasteiger charge is 2.17. The molecule has 3 N–H and O–H groups in total. The Labute approximate surface area is 115 Å². The van der Waals surface area contributed by atoms with Gasteiger partial charge in [-0.2, -0.15) is 0 Å². The number of hydrazine groups is 1. The Morgan fingerprint density at radius 1 is 0.789 bits per heavy atom. The molecule has 0 saturated carbocycles. The molecule has 1 unspecified atom stereocenters. The van der Waals surface area contributed by atoms with Crippen molar-refractivity contribution in [1.29, 1.82) is 0 Å². The molecule has 0 aliphatic rings. The molecule has 0 aromatic heterocycles. The second-order valence-electron chi connectivity index (χ2n) is 5.25. The molecule has 0 saturated heterocycles. The van der Waals surface area contributed by atoms with Crippen LogP contribution in [-0.4, -0.2) is 0 Å². The lowest BCUT2D eigenvalue weighted by molar-refractivity contribution is 0.630. The molecule has 0 bridgehead atoms. The van der Waals surface area contributed by atoms with E-state index in [1.807, 2.05) is 0 Å². The molecular weight excluding hydrogens is 232 g/mol. The normalized spacial score (nSPS) is 12.5. The van der Waals surface area contributed by atoms with Crippen LogP contribution in [0.15, 0.2) is 36.4 Å². The molecule has 0 radical (unpaired) electrons. The van der Waals surface area contributed by atoms with E-state index in [0.29, 0.717) is 0 Å². The lowest BCUT2D eigenvalue weighted by Crippen LogP contribution is -2.30. The second-order valence-corrected chi connectivity index (χ2v) is 5.25. The van der Waals surface area contributed by atoms with E-state index in [1.54, 1.807) is 0 Å². The van der Waals surface area contributed by atoms with Gasteiger partial charge in [-0.05, 0) is 61.1 Å². The van der Waals surface area contributed by atoms with Crippen LogP contribution in [-0.2, 0) is 0 Å². The van der Waals surface area contributed by atoms with E-state index in [0.717, 1.165) is 0 Å². The summed E-state index contributed by atoms with van der Waals surface area (Å²) in [5, 5.41) is 0. The zero-order valence-electron chi connectivity index (χ0n) is 12.1. The van der Waals surface area contributed by atoms with Gasteiger partial charge in [-0.1, -0.05) is 36.4 Å². The Hall–Kier alpha value is -1.64. The molecule has 0 aliphatic heterocycles. The third-order valence-corrected chi connectivity index (χ3v) is 3.86. The van der Waals surface area contributed by atoms with Crippen LogP contribution in [0.2, 0.25) is 0 Å². The molecule has 19 heavy (non-hydrogen) atoms. The maximum atomic E-state index is 5.81. The zero-order chi connectivity index (χ0) is 14.0. The lowest BCUT2D eigenvalue weighted by atomic mass is 9.90. The van der Waals surface area contributed by atoms with Crippen LogP contribution in [0, 0.1) is 27.7 Å². The minimum atomic E-state index is 0.0421. The van der Waals surface area contributed by atoms with Crippen LogP contribution in [0.3, 0.4) is 0 Å². The van der Waals surface area contributed by atoms with Crippen molar-refractivity contribution in [2.24, 2.45) is 5.84 Å². The summed E-state index contributed by atoms with van der Waals surface area (Å²) in [5.41, 5.74) is 10.6. The van der Waals surface area contributed by atoms with Gasteiger partial charge in [0.2, 0.25) is 0 Å². The molecule has 1 atom stereocenters. The van der Waals surface area contributed by atoms with Gasteiger partial charge in [-0.3, -0.25) is 5.84 Å². The van der Waals surface area contributed by atoms with E-state index in [4.69, 9.17) is 5.84 Å². The van der Waals surface area contributed by atoms with E-state index < -0.39 is 0 Å². The van der Waals surface area contributed by atoms with Crippen LogP contribution in [0.5, 0.6) is 0 Å². The van der Waals surface area contributed by atoms with E-state index in [9.17, 15) is 0 Å². The molecule has 0 spiro atoms. The first kappa shape index (κ1) is 13.8. The number of aryl methyl sites for hydroxylation is 4. The average molecular weight is 254 g/mol. The van der Waals surface area contributed by atoms with Crippen molar-refractivity contribution < 1.29 is 0 Å². The standard InChI is InChI=1S/C17H22N2/c1-11-7-5-6-8-15(11)17(19-18)16-10-13(3)12(2)9-14(16)4/h5-10,17,19H,18H2,1-4H3. The molecule has 2 heteroatoms. The Kier molecular flexibility index (Phi) is 4.03. The predicted molar refractivity (Wildman–Crippen MR) is 81.0 cm³/mol. The Bertz CT molecular complexity index is 588. The monoisotopic (exact) mass is 254 g/mol. The summed E-state index contributed by atoms with van der Waals surface area (Å²) in [6, 6.07) is 12.9. The Morgan fingerprint density at radius 2 is 1.42 bits per heavy atom. The topological polar surface area (TPSA) is 38.0 Å². The largest absolute Gasteiger partial charge is 0.271 e. The van der Waals surface area contributed by atoms with E-state index in [2.05, 4.69) is 69.5 Å². The number of nitrogens with one attached hydrogen (secondary N) is 1. The van der Waals surface area contributed by atoms with E-state index >= 15 is 0 Å². The average Bonchev–Trinajstić information content (AvgIpc) is 2.38. The van der Waals surface area contributed by atoms with E-state index in [1.165, 1.54) is 33.4 Å². The fraction of sp³-hybridized carbons (Fsp3) is 0.294. The highest BCUT2D eigenvalue weighted by Crippen LogP contribution is 2.28. The molecule has 0 heterocycles. The summed E-state index contributed by atoms with van der Waals surface area (Å²) in [4.78, 5) is 0. The number of benzene rings is 2. The Balaban J connectivity index is 2.55. The van der Waals surface area contributed by atoms with Gasteiger partial charge < -0.3 is 0 Å². The minimum absolute atomic E-state index is 0.0421. The van der Waals surface area contributed by atoms with Crippen molar-refractivity contribution in [3.05, 3.63) is 69.8 Å². The van der Waals surface area contributed by atoms with Crippen LogP contribution in [0.25, 0.3) is 0 Å². The molecule has 2 aromatic rings. The van der Waals surface area contributed by atoms with Crippen LogP contribution in [0.1, 0.15) is 39.4 Å². The van der Waals surface area contributed by atoms with Crippen molar-refractivity contribution in [3.8, 4) is 0 Å². The van der Waals surface area contributed by atoms with Crippen molar-refractivity contribution in [2.75, 3.05) is 0 Å². The fourth-order valence-electron chi connectivity index (χ4n) is 2.55. The predicted octanol–water partition coefficient (Wildman–Crippen LogP) is 3.47. The highest BCUT2D eigenvalue weighted by atomic mass is 15.2. The summed E-state index contributed by atoms with van der Waals surface area (Å²) >= 11 is 0. The SMILES string of the molecule is Cc1cc(C)c(C(NN)c2ccccc2C)cc1C. The highest BCUT2D eigenvalue weighted by molar-refractivity contribution is 5.44. The summed E-state index contributed by atoms with van der Waals surface area (Å²) in [7, 11) is 0. The van der Waals surface area contributed by atoms with Crippen LogP contribution >= 0.6 is 0 Å². The molecule has 0 aliphatic carbocycles. The van der Waals surface area contributed by atoms with Crippen molar-refractivity contribution in [3.63, 3.8) is 0 Å². The first-order valence-electron chi connectivity index (χ1n) is 6.64. The maximum absolute atomic E-state index is 5.81. The first-order chi connectivity index (χ1) is 9.04. The minimum Gasteiger partial charge on any atom is -0.271 e. The molecule has 2 rings (SSSR count). The summed E-state index contributed by atoms with van der Waals surface area (Å²) in [6.07, 6.45) is 0. The molecule has 0 amide bonds. The van der Waals surface area contributed by atoms with Gasteiger partial charge in [0.15, 0.2) is 0 Å². The number of rotatable bonds is 3. The number of nitrogens with two attached hydrogens (primary N) is 1. The third kappa shape index (κ3) is 2.70. The van der Waals surface area contributed by atoms with Crippen LogP contribution < -0.4 is 11.3 Å². The summed E-state index contributed by atoms with van der Waals surface area (Å²) < 4.78 is 0. The summed E-state index contributed by atoms with van der Waals surface area (Å²) in [5.74, 6) is 5.81. The quantitative estimate of drug-likeness (QED) is 0.650. The van der Waals surface area contributed by atoms with Gasteiger partial charge in [0.25, 0.3) is 0 Å². The molecular formula is C17H22N2. The second kappa shape index (κ2) is 5.55. The van der Waals surface area contributed by atoms with Crippen molar-refractivity contribution in [1.82, 2.24) is 5.43 Å². The number of hydrogen-bond donors (Lipinski definition) is 2. The van der Waals surface area contributed by atoms with Gasteiger partial charge in [0, 0.05) is 0 Å². The van der Waals surface area contributed by atoms with Gasteiger partial charge in [-0.15, -0.1) is 0 Å². The van der Waals surface area contributed by atoms with Crippen molar-refractivity contribution >= 4 is 0 Å². The van der Waals surface area contributed by atoms with Gasteiger partial charge in [0.1, 0.15) is 0 Å².